The zero-order valence-electron chi connectivity index (χ0n) is 39.4. The Balaban J connectivity index is 1.35. The first-order valence-electron chi connectivity index (χ1n) is 25.6. The molecule has 0 amide bonds. The van der Waals surface area contributed by atoms with Crippen molar-refractivity contribution in [2.24, 2.45) is 0 Å². The molecule has 0 bridgehead atoms. The fourth-order valence-electron chi connectivity index (χ4n) is 11.6. The summed E-state index contributed by atoms with van der Waals surface area (Å²) >= 11 is 5.67. The van der Waals surface area contributed by atoms with Crippen LogP contribution in [-0.2, 0) is 0 Å². The smallest absolute Gasteiger partial charge is 0.120 e. The summed E-state index contributed by atoms with van der Waals surface area (Å²) in [5.74, 6) is 0. The third-order valence-corrected chi connectivity index (χ3v) is 28.8. The number of unbranched alkanes of at least 4 members (excludes halogenated alkanes) is 20. The van der Waals surface area contributed by atoms with Gasteiger partial charge in [-0.1, -0.05) is 206 Å². The Morgan fingerprint density at radius 1 is 0.410 bits per heavy atom. The summed E-state index contributed by atoms with van der Waals surface area (Å²) in [7, 11) is -4.05. The van der Waals surface area contributed by atoms with Crippen molar-refractivity contribution in [2.75, 3.05) is 0 Å². The molecule has 7 heteroatoms. The van der Waals surface area contributed by atoms with E-state index in [-0.39, 0.29) is 0 Å². The molecule has 7 rings (SSSR count). The van der Waals surface area contributed by atoms with Gasteiger partial charge in [-0.2, -0.15) is 8.75 Å². The second-order valence-corrected chi connectivity index (χ2v) is 30.8. The molecule has 0 saturated carbocycles. The summed E-state index contributed by atoms with van der Waals surface area (Å²) in [6.07, 6.45) is 33.3. The lowest BCUT2D eigenvalue weighted by Crippen LogP contribution is -2.56. The zero-order chi connectivity index (χ0) is 42.7. The van der Waals surface area contributed by atoms with E-state index in [4.69, 9.17) is 8.75 Å². The normalized spacial score (nSPS) is 14.5. The highest BCUT2D eigenvalue weighted by atomic mass is 32.1. The lowest BCUT2D eigenvalue weighted by Gasteiger charge is -2.32. The Kier molecular flexibility index (Phi) is 17.6. The average Bonchev–Trinajstić information content (AvgIpc) is 4.09. The molecular weight excluding hydrogens is 829 g/mol. The van der Waals surface area contributed by atoms with E-state index in [0.29, 0.717) is 0 Å². The van der Waals surface area contributed by atoms with Crippen LogP contribution in [0.3, 0.4) is 0 Å². The summed E-state index contributed by atoms with van der Waals surface area (Å²) in [5, 5.41) is 7.33. The van der Waals surface area contributed by atoms with Crippen molar-refractivity contribution in [3.05, 3.63) is 46.8 Å². The average molecular weight is 910 g/mol. The van der Waals surface area contributed by atoms with Gasteiger partial charge in [0.05, 0.1) is 11.7 Å². The summed E-state index contributed by atoms with van der Waals surface area (Å²) in [5.41, 5.74) is 8.16. The molecule has 0 fully saturated rings. The molecule has 0 aliphatic carbocycles. The maximum Gasteiger partial charge on any atom is 0.120 e. The van der Waals surface area contributed by atoms with Crippen molar-refractivity contribution in [1.29, 1.82) is 0 Å². The first-order chi connectivity index (χ1) is 29.9. The highest BCUT2D eigenvalue weighted by Gasteiger charge is 2.51. The Hall–Kier alpha value is -1.91. The fraction of sp³-hybridized carbons (Fsp3) is 0.630. The van der Waals surface area contributed by atoms with Crippen molar-refractivity contribution in [3.63, 3.8) is 0 Å². The van der Waals surface area contributed by atoms with Crippen LogP contribution in [0.2, 0.25) is 24.2 Å². The molecule has 5 aromatic rings. The van der Waals surface area contributed by atoms with E-state index >= 15 is 0 Å². The molecule has 0 spiro atoms. The van der Waals surface area contributed by atoms with Crippen molar-refractivity contribution in [2.45, 2.75) is 220 Å². The molecule has 61 heavy (non-hydrogen) atoms. The third-order valence-electron chi connectivity index (χ3n) is 15.0. The number of benzene rings is 2. The van der Waals surface area contributed by atoms with Gasteiger partial charge in [-0.3, -0.25) is 0 Å². The highest BCUT2D eigenvalue weighted by Crippen LogP contribution is 2.47. The molecule has 5 heterocycles. The van der Waals surface area contributed by atoms with Crippen LogP contribution in [0.15, 0.2) is 36.4 Å². The summed E-state index contributed by atoms with van der Waals surface area (Å²) in [6.45, 7) is 14.0. The van der Waals surface area contributed by atoms with Crippen LogP contribution >= 0.6 is 34.4 Å². The van der Waals surface area contributed by atoms with Crippen molar-refractivity contribution >= 4 is 82.3 Å². The van der Waals surface area contributed by atoms with E-state index in [1.54, 1.807) is 30.9 Å². The molecule has 0 saturated heterocycles. The van der Waals surface area contributed by atoms with E-state index in [1.807, 2.05) is 15.6 Å². The molecule has 0 atom stereocenters. The minimum atomic E-state index is -2.08. The van der Waals surface area contributed by atoms with Crippen LogP contribution in [0.4, 0.5) is 0 Å². The fourth-order valence-corrected chi connectivity index (χ4v) is 27.1. The molecule has 2 aromatic carbocycles. The van der Waals surface area contributed by atoms with Gasteiger partial charge in [-0.05, 0) is 87.6 Å². The lowest BCUT2D eigenvalue weighted by atomic mass is 10.1. The number of hydrogen-bond donors (Lipinski definition) is 0. The largest absolute Gasteiger partial charge is 0.173 e. The van der Waals surface area contributed by atoms with Crippen LogP contribution in [0, 0.1) is 13.8 Å². The Morgan fingerprint density at radius 3 is 1.30 bits per heavy atom. The number of hydrogen-bond acceptors (Lipinski definition) is 5. The summed E-state index contributed by atoms with van der Waals surface area (Å²) in [6, 6.07) is 21.7. The Labute approximate surface area is 386 Å². The third kappa shape index (κ3) is 10.3. The van der Waals surface area contributed by atoms with Crippen LogP contribution < -0.4 is 20.7 Å². The van der Waals surface area contributed by atoms with Gasteiger partial charge in [0.15, 0.2) is 0 Å². The molecule has 2 aliphatic heterocycles. The topological polar surface area (TPSA) is 25.8 Å². The summed E-state index contributed by atoms with van der Waals surface area (Å²) < 4.78 is 9.73. The SMILES string of the molecule is CCCCCCCC[Si]1(CCCCCCCC)c2cc3c(cc2-c2sc(C)cc21)[Si](CCCCCCCC)(CCCCCCCC)c1cc(-c2ccc(C)c4nsnc24)sc1-3. The number of thiophene rings is 2. The van der Waals surface area contributed by atoms with Gasteiger partial charge in [0.25, 0.3) is 0 Å². The predicted molar refractivity (Wildman–Crippen MR) is 282 cm³/mol. The van der Waals surface area contributed by atoms with Gasteiger partial charge in [0.1, 0.15) is 27.2 Å². The van der Waals surface area contributed by atoms with Crippen LogP contribution in [0.25, 0.3) is 42.4 Å². The Bertz CT molecular complexity index is 2110. The molecule has 0 N–H and O–H groups in total. The first-order valence-corrected chi connectivity index (χ1v) is 32.8. The molecule has 0 unspecified atom stereocenters. The monoisotopic (exact) mass is 909 g/mol. The highest BCUT2D eigenvalue weighted by molar-refractivity contribution is 7.25. The van der Waals surface area contributed by atoms with Crippen molar-refractivity contribution < 1.29 is 0 Å². The minimum Gasteiger partial charge on any atom is -0.173 e. The molecular formula is C54H80N2S3Si2. The quantitative estimate of drug-likeness (QED) is 0.0353. The van der Waals surface area contributed by atoms with Gasteiger partial charge in [0, 0.05) is 25.1 Å². The van der Waals surface area contributed by atoms with Crippen molar-refractivity contribution in [3.8, 4) is 31.3 Å². The maximum absolute atomic E-state index is 4.94. The second-order valence-electron chi connectivity index (χ2n) is 19.5. The van der Waals surface area contributed by atoms with Crippen LogP contribution in [0.1, 0.15) is 192 Å². The zero-order valence-corrected chi connectivity index (χ0v) is 43.8. The summed E-state index contributed by atoms with van der Waals surface area (Å²) in [4.78, 5) is 6.34. The molecule has 332 valence electrons. The second kappa shape index (κ2) is 22.8. The molecule has 3 aromatic heterocycles. The standard InChI is InChI=1S/C54H80N2S3Si2/c1-7-11-15-19-23-27-33-60(34-28-24-20-16-12-8-2)47-39-45-48(38-44(47)53-49(60)37-42(6)57-53)61(35-29-25-21-17-13-9-3,36-30-26-22-18-14-10-4)50-40-46(58-54(45)50)43-32-31-41(5)51-52(43)56-59-55-51/h31-32,37-40H,7-30,33-36H2,1-6H3. The molecule has 2 nitrogen and oxygen atoms in total. The van der Waals surface area contributed by atoms with E-state index in [2.05, 4.69) is 101 Å². The molecule has 0 radical (unpaired) electrons. The number of nitrogens with zero attached hydrogens (tertiary/aromatic N) is 2. The Morgan fingerprint density at radius 2 is 0.820 bits per heavy atom. The molecule has 2 aliphatic rings. The van der Waals surface area contributed by atoms with E-state index in [1.165, 1.54) is 206 Å². The van der Waals surface area contributed by atoms with Crippen molar-refractivity contribution in [1.82, 2.24) is 8.75 Å². The van der Waals surface area contributed by atoms with Gasteiger partial charge in [0.2, 0.25) is 0 Å². The first kappa shape index (κ1) is 47.1. The number of aromatic nitrogens is 2. The number of rotatable bonds is 29. The maximum atomic E-state index is 4.94. The van der Waals surface area contributed by atoms with Gasteiger partial charge in [-0.25, -0.2) is 0 Å². The predicted octanol–water partition coefficient (Wildman–Crippen LogP) is 16.6. The van der Waals surface area contributed by atoms with E-state index in [0.717, 1.165) is 11.0 Å². The number of aryl methyl sites for hydroxylation is 2. The minimum absolute atomic E-state index is 1.10. The van der Waals surface area contributed by atoms with Crippen LogP contribution in [-0.4, -0.2) is 24.9 Å². The number of fused-ring (bicyclic) bond motifs is 7. The lowest BCUT2D eigenvalue weighted by molar-refractivity contribution is 0.616. The van der Waals surface area contributed by atoms with E-state index < -0.39 is 16.1 Å². The van der Waals surface area contributed by atoms with Gasteiger partial charge in [-0.15, -0.1) is 22.7 Å². The van der Waals surface area contributed by atoms with E-state index in [9.17, 15) is 0 Å². The van der Waals surface area contributed by atoms with Gasteiger partial charge < -0.3 is 0 Å². The van der Waals surface area contributed by atoms with Crippen LogP contribution in [0.5, 0.6) is 0 Å². The van der Waals surface area contributed by atoms with Gasteiger partial charge >= 0.3 is 0 Å².